The van der Waals surface area contributed by atoms with E-state index in [1.165, 1.54) is 0 Å². The molecule has 1 saturated heterocycles. The number of methoxy groups -OCH3 is 1. The van der Waals surface area contributed by atoms with Crippen LogP contribution in [0.15, 0.2) is 54.6 Å². The van der Waals surface area contributed by atoms with Crippen LogP contribution in [-0.2, 0) is 11.3 Å². The fourth-order valence-electron chi connectivity index (χ4n) is 3.27. The van der Waals surface area contributed by atoms with Crippen molar-refractivity contribution >= 4 is 11.7 Å². The van der Waals surface area contributed by atoms with Crippen molar-refractivity contribution in [1.82, 2.24) is 10.2 Å². The van der Waals surface area contributed by atoms with Crippen LogP contribution < -0.4 is 10.1 Å². The van der Waals surface area contributed by atoms with Crippen LogP contribution in [0.3, 0.4) is 0 Å². The van der Waals surface area contributed by atoms with Crippen molar-refractivity contribution in [3.05, 3.63) is 65.7 Å². The molecule has 1 heterocycles. The second-order valence-corrected chi connectivity index (χ2v) is 6.48. The number of hydrogen-bond acceptors (Lipinski definition) is 4. The van der Waals surface area contributed by atoms with Crippen LogP contribution in [0.2, 0.25) is 0 Å². The van der Waals surface area contributed by atoms with Gasteiger partial charge in [-0.1, -0.05) is 30.3 Å². The zero-order valence-electron chi connectivity index (χ0n) is 15.0. The molecular weight excluding hydrogens is 328 g/mol. The van der Waals surface area contributed by atoms with Gasteiger partial charge in [0.05, 0.1) is 19.7 Å². The lowest BCUT2D eigenvalue weighted by Gasteiger charge is -2.23. The van der Waals surface area contributed by atoms with E-state index < -0.39 is 0 Å². The number of ether oxygens (including phenoxy) is 1. The van der Waals surface area contributed by atoms with Crippen molar-refractivity contribution in [2.75, 3.05) is 20.2 Å². The van der Waals surface area contributed by atoms with E-state index in [1.807, 2.05) is 35.2 Å². The Labute approximate surface area is 154 Å². The van der Waals surface area contributed by atoms with Crippen molar-refractivity contribution in [3.8, 4) is 5.75 Å². The van der Waals surface area contributed by atoms with Gasteiger partial charge in [-0.2, -0.15) is 0 Å². The summed E-state index contributed by atoms with van der Waals surface area (Å²) in [5, 5.41) is 2.99. The lowest BCUT2D eigenvalue weighted by atomic mass is 10.1. The van der Waals surface area contributed by atoms with E-state index in [-0.39, 0.29) is 24.3 Å². The molecule has 3 rings (SSSR count). The van der Waals surface area contributed by atoms with Gasteiger partial charge in [-0.15, -0.1) is 0 Å². The molecule has 1 N–H and O–H groups in total. The molecule has 2 aromatic rings. The molecule has 0 aliphatic carbocycles. The number of likely N-dealkylation sites (tertiary alicyclic amines) is 1. The summed E-state index contributed by atoms with van der Waals surface area (Å²) in [5.74, 6) is 0.741. The van der Waals surface area contributed by atoms with Gasteiger partial charge in [-0.25, -0.2) is 0 Å². The number of Topliss-reactive ketones (excluding diaryl/α,β-unsaturated/α-hetero) is 1. The summed E-state index contributed by atoms with van der Waals surface area (Å²) in [6.45, 7) is 1.54. The molecule has 0 spiro atoms. The van der Waals surface area contributed by atoms with Gasteiger partial charge in [0.1, 0.15) is 5.75 Å². The predicted molar refractivity (Wildman–Crippen MR) is 100 cm³/mol. The average Bonchev–Trinajstić information content (AvgIpc) is 3.15. The molecule has 0 radical (unpaired) electrons. The van der Waals surface area contributed by atoms with Crippen molar-refractivity contribution in [2.24, 2.45) is 0 Å². The minimum absolute atomic E-state index is 0.00566. The number of amides is 1. The molecule has 1 atom stereocenters. The number of benzene rings is 2. The summed E-state index contributed by atoms with van der Waals surface area (Å²) >= 11 is 0. The normalized spacial score (nSPS) is 17.0. The number of ketones is 1. The standard InChI is InChI=1S/C21H24N2O3/c1-26-18-11-9-17(10-12-18)20(24)15-23-13-5-8-19(23)21(25)22-14-16-6-3-2-4-7-16/h2-4,6-7,9-12,19H,5,8,13-15H2,1H3,(H,22,25)/t19-/m0/s1. The molecule has 1 amide bonds. The van der Waals surface area contributed by atoms with Crippen LogP contribution in [0.5, 0.6) is 5.75 Å². The first-order valence-corrected chi connectivity index (χ1v) is 8.90. The summed E-state index contributed by atoms with van der Waals surface area (Å²) in [6, 6.07) is 16.7. The second kappa shape index (κ2) is 8.63. The highest BCUT2D eigenvalue weighted by molar-refractivity contribution is 5.98. The molecule has 0 unspecified atom stereocenters. The molecule has 1 fully saturated rings. The number of hydrogen-bond donors (Lipinski definition) is 1. The van der Waals surface area contributed by atoms with Crippen molar-refractivity contribution in [2.45, 2.75) is 25.4 Å². The zero-order valence-corrected chi connectivity index (χ0v) is 15.0. The molecule has 5 nitrogen and oxygen atoms in total. The first-order valence-electron chi connectivity index (χ1n) is 8.90. The molecule has 1 aliphatic heterocycles. The van der Waals surface area contributed by atoms with Crippen molar-refractivity contribution in [3.63, 3.8) is 0 Å². The maximum atomic E-state index is 12.5. The van der Waals surface area contributed by atoms with E-state index >= 15 is 0 Å². The summed E-state index contributed by atoms with van der Waals surface area (Å²) in [6.07, 6.45) is 1.72. The Kier molecular flexibility index (Phi) is 6.02. The predicted octanol–water partition coefficient (Wildman–Crippen LogP) is 2.66. The first kappa shape index (κ1) is 18.1. The third kappa shape index (κ3) is 4.49. The summed E-state index contributed by atoms with van der Waals surface area (Å²) < 4.78 is 5.12. The lowest BCUT2D eigenvalue weighted by Crippen LogP contribution is -2.44. The Morgan fingerprint density at radius 2 is 1.85 bits per heavy atom. The molecule has 26 heavy (non-hydrogen) atoms. The van der Waals surface area contributed by atoms with Crippen LogP contribution >= 0.6 is 0 Å². The van der Waals surface area contributed by atoms with Gasteiger partial charge in [0.25, 0.3) is 0 Å². The molecular formula is C21H24N2O3. The smallest absolute Gasteiger partial charge is 0.237 e. The largest absolute Gasteiger partial charge is 0.497 e. The Bertz CT molecular complexity index is 744. The van der Waals surface area contributed by atoms with Crippen LogP contribution in [-0.4, -0.2) is 42.8 Å². The van der Waals surface area contributed by atoms with E-state index in [0.717, 1.165) is 30.7 Å². The van der Waals surface area contributed by atoms with Crippen molar-refractivity contribution < 1.29 is 14.3 Å². The van der Waals surface area contributed by atoms with Gasteiger partial charge >= 0.3 is 0 Å². The van der Waals surface area contributed by atoms with E-state index in [1.54, 1.807) is 31.4 Å². The van der Waals surface area contributed by atoms with Gasteiger partial charge in [0.2, 0.25) is 5.91 Å². The highest BCUT2D eigenvalue weighted by atomic mass is 16.5. The molecule has 5 heteroatoms. The Morgan fingerprint density at radius 3 is 2.54 bits per heavy atom. The molecule has 136 valence electrons. The number of carbonyl (C=O) groups excluding carboxylic acids is 2. The first-order chi connectivity index (χ1) is 12.7. The van der Waals surface area contributed by atoms with E-state index in [4.69, 9.17) is 4.74 Å². The van der Waals surface area contributed by atoms with E-state index in [9.17, 15) is 9.59 Å². The molecule has 1 aliphatic rings. The molecule has 2 aromatic carbocycles. The Morgan fingerprint density at radius 1 is 1.12 bits per heavy atom. The number of rotatable bonds is 7. The topological polar surface area (TPSA) is 58.6 Å². The maximum absolute atomic E-state index is 12.5. The second-order valence-electron chi connectivity index (χ2n) is 6.48. The quantitative estimate of drug-likeness (QED) is 0.779. The van der Waals surface area contributed by atoms with Gasteiger partial charge < -0.3 is 10.1 Å². The average molecular weight is 352 g/mol. The molecule has 0 aromatic heterocycles. The molecule has 0 bridgehead atoms. The highest BCUT2D eigenvalue weighted by Gasteiger charge is 2.31. The van der Waals surface area contributed by atoms with Crippen LogP contribution in [0.25, 0.3) is 0 Å². The van der Waals surface area contributed by atoms with Crippen LogP contribution in [0.4, 0.5) is 0 Å². The SMILES string of the molecule is COc1ccc(C(=O)CN2CCC[C@H]2C(=O)NCc2ccccc2)cc1. The number of carbonyl (C=O) groups is 2. The van der Waals surface area contributed by atoms with Gasteiger partial charge in [-0.3, -0.25) is 14.5 Å². The fourth-order valence-corrected chi connectivity index (χ4v) is 3.27. The van der Waals surface area contributed by atoms with E-state index in [2.05, 4.69) is 5.32 Å². The van der Waals surface area contributed by atoms with Gasteiger partial charge in [0.15, 0.2) is 5.78 Å². The summed E-state index contributed by atoms with van der Waals surface area (Å²) in [5.41, 5.74) is 1.71. The maximum Gasteiger partial charge on any atom is 0.237 e. The summed E-state index contributed by atoms with van der Waals surface area (Å²) in [4.78, 5) is 27.1. The highest BCUT2D eigenvalue weighted by Crippen LogP contribution is 2.19. The zero-order chi connectivity index (χ0) is 18.4. The van der Waals surface area contributed by atoms with Gasteiger partial charge in [-0.05, 0) is 49.2 Å². The minimum Gasteiger partial charge on any atom is -0.497 e. The Balaban J connectivity index is 1.56. The fraction of sp³-hybridized carbons (Fsp3) is 0.333. The Hall–Kier alpha value is -2.66. The van der Waals surface area contributed by atoms with Gasteiger partial charge in [0, 0.05) is 12.1 Å². The number of nitrogens with zero attached hydrogens (tertiary/aromatic N) is 1. The minimum atomic E-state index is -0.235. The summed E-state index contributed by atoms with van der Waals surface area (Å²) in [7, 11) is 1.60. The van der Waals surface area contributed by atoms with Crippen molar-refractivity contribution in [1.29, 1.82) is 0 Å². The van der Waals surface area contributed by atoms with Crippen LogP contribution in [0.1, 0.15) is 28.8 Å². The van der Waals surface area contributed by atoms with Crippen LogP contribution in [0, 0.1) is 0 Å². The third-order valence-electron chi connectivity index (χ3n) is 4.73. The lowest BCUT2D eigenvalue weighted by molar-refractivity contribution is -0.125. The number of nitrogens with one attached hydrogen (secondary N) is 1. The third-order valence-corrected chi connectivity index (χ3v) is 4.73. The molecule has 0 saturated carbocycles. The van der Waals surface area contributed by atoms with E-state index in [0.29, 0.717) is 12.1 Å². The monoisotopic (exact) mass is 352 g/mol.